The zero-order valence-corrected chi connectivity index (χ0v) is 13.4. The number of aromatic nitrogens is 2. The van der Waals surface area contributed by atoms with E-state index in [9.17, 15) is 0 Å². The Morgan fingerprint density at radius 2 is 2.15 bits per heavy atom. The molecule has 2 heterocycles. The summed E-state index contributed by atoms with van der Waals surface area (Å²) < 4.78 is 7.22. The van der Waals surface area contributed by atoms with Crippen LogP contribution >= 0.6 is 27.3 Å². The van der Waals surface area contributed by atoms with E-state index < -0.39 is 0 Å². The van der Waals surface area contributed by atoms with Gasteiger partial charge < -0.3 is 10.1 Å². The number of hydrogen-bond acceptors (Lipinski definition) is 5. The number of benzene rings is 1. The maximum atomic E-state index is 5.22. The molecule has 3 rings (SSSR count). The molecule has 6 heteroatoms. The molecule has 4 nitrogen and oxygen atoms in total. The maximum absolute atomic E-state index is 5.22. The van der Waals surface area contributed by atoms with Crippen LogP contribution in [-0.2, 0) is 0 Å². The number of fused-ring (bicyclic) bond motifs is 1. The van der Waals surface area contributed by atoms with E-state index >= 15 is 0 Å². The van der Waals surface area contributed by atoms with E-state index in [1.165, 1.54) is 0 Å². The second kappa shape index (κ2) is 5.38. The van der Waals surface area contributed by atoms with Gasteiger partial charge in [0.15, 0.2) is 5.13 Å². The van der Waals surface area contributed by atoms with Crippen LogP contribution in [0.3, 0.4) is 0 Å². The Kier molecular flexibility index (Phi) is 3.58. The molecule has 20 heavy (non-hydrogen) atoms. The van der Waals surface area contributed by atoms with Crippen molar-refractivity contribution >= 4 is 48.4 Å². The third-order valence-electron chi connectivity index (χ3n) is 2.80. The van der Waals surface area contributed by atoms with Crippen LogP contribution in [-0.4, -0.2) is 17.1 Å². The Balaban J connectivity index is 1.94. The highest BCUT2D eigenvalue weighted by Crippen LogP contribution is 2.32. The first-order valence-electron chi connectivity index (χ1n) is 5.99. The van der Waals surface area contributed by atoms with Gasteiger partial charge in [-0.15, -0.1) is 0 Å². The molecule has 1 N–H and O–H groups in total. The quantitative estimate of drug-likeness (QED) is 0.755. The number of rotatable bonds is 3. The lowest BCUT2D eigenvalue weighted by Gasteiger charge is -2.04. The molecule has 2 aromatic heterocycles. The Morgan fingerprint density at radius 1 is 1.30 bits per heavy atom. The molecule has 0 radical (unpaired) electrons. The Morgan fingerprint density at radius 3 is 2.90 bits per heavy atom. The molecule has 1 aromatic carbocycles. The summed E-state index contributed by atoms with van der Waals surface area (Å²) in [6.07, 6.45) is 1.82. The first-order chi connectivity index (χ1) is 9.65. The number of nitrogens with zero attached hydrogens (tertiary/aromatic N) is 2. The minimum atomic E-state index is 0.765. The van der Waals surface area contributed by atoms with Crippen LogP contribution in [0.5, 0.6) is 5.75 Å². The lowest BCUT2D eigenvalue weighted by Crippen LogP contribution is -1.94. The van der Waals surface area contributed by atoms with E-state index in [2.05, 4.69) is 31.2 Å². The van der Waals surface area contributed by atoms with Gasteiger partial charge in [-0.25, -0.2) is 9.97 Å². The average Bonchev–Trinajstić information content (AvgIpc) is 2.83. The van der Waals surface area contributed by atoms with Crippen molar-refractivity contribution in [3.05, 3.63) is 40.5 Å². The molecule has 0 amide bonds. The Hall–Kier alpha value is -1.66. The predicted molar refractivity (Wildman–Crippen MR) is 86.1 cm³/mol. The fraction of sp³-hybridized carbons (Fsp3) is 0.143. The van der Waals surface area contributed by atoms with Crippen LogP contribution in [0.2, 0.25) is 0 Å². The molecule has 0 atom stereocenters. The fourth-order valence-electron chi connectivity index (χ4n) is 1.81. The van der Waals surface area contributed by atoms with Crippen LogP contribution in [0.15, 0.2) is 34.9 Å². The third-order valence-corrected chi connectivity index (χ3v) is 4.34. The van der Waals surface area contributed by atoms with Gasteiger partial charge in [-0.05, 0) is 52.7 Å². The third kappa shape index (κ3) is 2.62. The number of nitrogens with one attached hydrogen (secondary N) is 1. The normalized spacial score (nSPS) is 10.8. The number of aryl methyl sites for hydroxylation is 1. The topological polar surface area (TPSA) is 47.0 Å². The highest BCUT2D eigenvalue weighted by molar-refractivity contribution is 9.10. The number of ether oxygens (including phenoxy) is 1. The standard InChI is InChI=1S/C14H12BrN3OS/c1-8-5-10(15)13(16-7-8)18-14-17-11-4-3-9(19-2)6-12(11)20-14/h3-7H,1-2H3,(H,16,17,18). The lowest BCUT2D eigenvalue weighted by atomic mass is 10.3. The largest absolute Gasteiger partial charge is 0.497 e. The number of pyridine rings is 1. The van der Waals surface area contributed by atoms with E-state index in [0.29, 0.717) is 0 Å². The smallest absolute Gasteiger partial charge is 0.189 e. The zero-order valence-electron chi connectivity index (χ0n) is 11.0. The first-order valence-corrected chi connectivity index (χ1v) is 7.60. The van der Waals surface area contributed by atoms with E-state index in [1.54, 1.807) is 18.4 Å². The number of thiazole rings is 1. The van der Waals surface area contributed by atoms with Gasteiger partial charge in [-0.2, -0.15) is 0 Å². The van der Waals surface area contributed by atoms with Crippen molar-refractivity contribution < 1.29 is 4.74 Å². The molecule has 3 aromatic rings. The number of halogens is 1. The molecule has 0 fully saturated rings. The Bertz CT molecular complexity index is 772. The summed E-state index contributed by atoms with van der Waals surface area (Å²) in [6, 6.07) is 7.86. The van der Waals surface area contributed by atoms with E-state index in [4.69, 9.17) is 4.74 Å². The number of anilines is 2. The van der Waals surface area contributed by atoms with Gasteiger partial charge in [0, 0.05) is 6.20 Å². The van der Waals surface area contributed by atoms with Crippen LogP contribution in [0, 0.1) is 6.92 Å². The van der Waals surface area contributed by atoms with Crippen molar-refractivity contribution in [1.29, 1.82) is 0 Å². The van der Waals surface area contributed by atoms with Gasteiger partial charge in [0.1, 0.15) is 11.6 Å². The maximum Gasteiger partial charge on any atom is 0.189 e. The Labute approximate surface area is 129 Å². The summed E-state index contributed by atoms with van der Waals surface area (Å²) in [7, 11) is 1.66. The van der Waals surface area contributed by atoms with Crippen molar-refractivity contribution in [2.24, 2.45) is 0 Å². The average molecular weight is 350 g/mol. The summed E-state index contributed by atoms with van der Waals surface area (Å²) in [4.78, 5) is 8.90. The molecule has 0 saturated carbocycles. The minimum absolute atomic E-state index is 0.765. The summed E-state index contributed by atoms with van der Waals surface area (Å²) in [5.41, 5.74) is 2.05. The van der Waals surface area contributed by atoms with E-state index in [0.717, 1.165) is 37.0 Å². The molecule has 0 saturated heterocycles. The fourth-order valence-corrected chi connectivity index (χ4v) is 3.27. The van der Waals surface area contributed by atoms with Crippen LogP contribution < -0.4 is 10.1 Å². The highest BCUT2D eigenvalue weighted by Gasteiger charge is 2.08. The van der Waals surface area contributed by atoms with E-state index in [-0.39, 0.29) is 0 Å². The molecule has 0 unspecified atom stereocenters. The zero-order chi connectivity index (χ0) is 14.1. The van der Waals surface area contributed by atoms with Crippen molar-refractivity contribution in [1.82, 2.24) is 9.97 Å². The molecule has 0 bridgehead atoms. The summed E-state index contributed by atoms with van der Waals surface area (Å²) in [6.45, 7) is 2.01. The van der Waals surface area contributed by atoms with Gasteiger partial charge in [0.25, 0.3) is 0 Å². The van der Waals surface area contributed by atoms with Gasteiger partial charge in [-0.1, -0.05) is 11.3 Å². The van der Waals surface area contributed by atoms with Gasteiger partial charge in [0.05, 0.1) is 21.8 Å². The van der Waals surface area contributed by atoms with Crippen LogP contribution in [0.25, 0.3) is 10.2 Å². The molecular formula is C14H12BrN3OS. The van der Waals surface area contributed by atoms with E-state index in [1.807, 2.05) is 37.4 Å². The molecule has 102 valence electrons. The summed E-state index contributed by atoms with van der Waals surface area (Å²) >= 11 is 5.07. The molecule has 0 spiro atoms. The van der Waals surface area contributed by atoms with Crippen molar-refractivity contribution in [3.8, 4) is 5.75 Å². The molecule has 0 aliphatic heterocycles. The predicted octanol–water partition coefficient (Wildman–Crippen LogP) is 4.51. The molecular weight excluding hydrogens is 338 g/mol. The van der Waals surface area contributed by atoms with Gasteiger partial charge >= 0.3 is 0 Å². The SMILES string of the molecule is COc1ccc2nc(Nc3ncc(C)cc3Br)sc2c1. The second-order valence-corrected chi connectivity index (χ2v) is 6.21. The minimum Gasteiger partial charge on any atom is -0.497 e. The number of hydrogen-bond donors (Lipinski definition) is 1. The number of methoxy groups -OCH3 is 1. The van der Waals surface area contributed by atoms with Crippen LogP contribution in [0.1, 0.15) is 5.56 Å². The second-order valence-electron chi connectivity index (χ2n) is 4.32. The highest BCUT2D eigenvalue weighted by atomic mass is 79.9. The summed E-state index contributed by atoms with van der Waals surface area (Å²) in [5, 5.41) is 4.05. The van der Waals surface area contributed by atoms with Crippen LogP contribution in [0.4, 0.5) is 10.9 Å². The van der Waals surface area contributed by atoms with Crippen molar-refractivity contribution in [2.45, 2.75) is 6.92 Å². The van der Waals surface area contributed by atoms with Gasteiger partial charge in [0.2, 0.25) is 0 Å². The lowest BCUT2D eigenvalue weighted by molar-refractivity contribution is 0.415. The monoisotopic (exact) mass is 349 g/mol. The summed E-state index contributed by atoms with van der Waals surface area (Å²) in [5.74, 6) is 1.60. The molecule has 0 aliphatic rings. The first kappa shape index (κ1) is 13.3. The molecule has 0 aliphatic carbocycles. The van der Waals surface area contributed by atoms with Crippen molar-refractivity contribution in [2.75, 3.05) is 12.4 Å². The van der Waals surface area contributed by atoms with Crippen molar-refractivity contribution in [3.63, 3.8) is 0 Å². The van der Waals surface area contributed by atoms with Gasteiger partial charge in [-0.3, -0.25) is 0 Å².